The van der Waals surface area contributed by atoms with Gasteiger partial charge in [-0.25, -0.2) is 4.98 Å². The third-order valence-electron chi connectivity index (χ3n) is 4.47. The Kier molecular flexibility index (Phi) is 7.22. The van der Waals surface area contributed by atoms with Crippen molar-refractivity contribution in [1.29, 1.82) is 0 Å². The predicted molar refractivity (Wildman–Crippen MR) is 117 cm³/mol. The van der Waals surface area contributed by atoms with E-state index in [-0.39, 0.29) is 18.5 Å². The summed E-state index contributed by atoms with van der Waals surface area (Å²) >= 11 is 3.05. The highest BCUT2D eigenvalue weighted by Crippen LogP contribution is 2.22. The second-order valence-corrected chi connectivity index (χ2v) is 8.71. The summed E-state index contributed by atoms with van der Waals surface area (Å²) in [5, 5.41) is 9.53. The van der Waals surface area contributed by atoms with Gasteiger partial charge in [-0.1, -0.05) is 13.8 Å². The fourth-order valence-electron chi connectivity index (χ4n) is 2.85. The normalized spacial score (nSPS) is 11.0. The molecule has 1 N–H and O–H groups in total. The Morgan fingerprint density at radius 1 is 1.28 bits per heavy atom. The van der Waals surface area contributed by atoms with Gasteiger partial charge in [0.25, 0.3) is 5.91 Å². The highest BCUT2D eigenvalue weighted by Gasteiger charge is 2.17. The summed E-state index contributed by atoms with van der Waals surface area (Å²) in [6, 6.07) is 4.08. The number of rotatable bonds is 9. The molecule has 3 aromatic rings. The lowest BCUT2D eigenvalue weighted by atomic mass is 10.1. The van der Waals surface area contributed by atoms with E-state index in [9.17, 15) is 9.59 Å². The van der Waals surface area contributed by atoms with Crippen molar-refractivity contribution in [3.05, 3.63) is 57.0 Å². The van der Waals surface area contributed by atoms with Gasteiger partial charge in [0.2, 0.25) is 0 Å². The van der Waals surface area contributed by atoms with Crippen molar-refractivity contribution in [2.75, 3.05) is 11.9 Å². The number of nitrogens with zero attached hydrogens (tertiary/aromatic N) is 2. The Morgan fingerprint density at radius 3 is 2.79 bits per heavy atom. The highest BCUT2D eigenvalue weighted by molar-refractivity contribution is 7.14. The number of thiazole rings is 1. The molecule has 0 spiro atoms. The minimum Gasteiger partial charge on any atom is -0.465 e. The first-order chi connectivity index (χ1) is 13.9. The van der Waals surface area contributed by atoms with E-state index in [4.69, 9.17) is 4.74 Å². The fourth-order valence-corrected chi connectivity index (χ4v) is 4.29. The summed E-state index contributed by atoms with van der Waals surface area (Å²) in [5.41, 5.74) is 3.85. The summed E-state index contributed by atoms with van der Waals surface area (Å²) < 4.78 is 6.96. The molecule has 0 aliphatic carbocycles. The largest absolute Gasteiger partial charge is 0.465 e. The molecule has 1 amide bonds. The van der Waals surface area contributed by atoms with Gasteiger partial charge in [-0.3, -0.25) is 14.9 Å². The number of carbonyl (C=O) groups excluding carboxylic acids is 2. The molecule has 0 saturated carbocycles. The van der Waals surface area contributed by atoms with Crippen LogP contribution in [0, 0.1) is 0 Å². The summed E-state index contributed by atoms with van der Waals surface area (Å²) in [6.07, 6.45) is 3.48. The first-order valence-corrected chi connectivity index (χ1v) is 11.3. The van der Waals surface area contributed by atoms with Gasteiger partial charge in [0.15, 0.2) is 5.13 Å². The molecule has 0 atom stereocenters. The van der Waals surface area contributed by atoms with Crippen LogP contribution in [0.2, 0.25) is 0 Å². The molecule has 0 unspecified atom stereocenters. The van der Waals surface area contributed by atoms with E-state index in [1.165, 1.54) is 23.8 Å². The number of amides is 1. The zero-order valence-corrected chi connectivity index (χ0v) is 18.4. The third kappa shape index (κ3) is 6.01. The molecule has 8 heteroatoms. The zero-order chi connectivity index (χ0) is 20.8. The van der Waals surface area contributed by atoms with Gasteiger partial charge in [-0.05, 0) is 46.4 Å². The van der Waals surface area contributed by atoms with Crippen molar-refractivity contribution in [3.63, 3.8) is 0 Å². The third-order valence-corrected chi connectivity index (χ3v) is 6.01. The van der Waals surface area contributed by atoms with Gasteiger partial charge in [0.05, 0.1) is 12.3 Å². The fraction of sp³-hybridized carbons (Fsp3) is 0.381. The molecule has 0 fully saturated rings. The molecule has 0 aliphatic heterocycles. The Hall–Kier alpha value is -2.45. The number of anilines is 1. The average molecular weight is 432 g/mol. The SMILES string of the molecule is CC(=O)OCCc1csc(NC(=O)c2cc(C(C)C)cn2CCc2ccsc2)n1. The maximum absolute atomic E-state index is 12.9. The minimum atomic E-state index is -0.307. The number of nitrogens with one attached hydrogen (secondary N) is 1. The lowest BCUT2D eigenvalue weighted by molar-refractivity contribution is -0.140. The van der Waals surface area contributed by atoms with Crippen LogP contribution in [0.3, 0.4) is 0 Å². The Labute approximate surface area is 178 Å². The number of aryl methyl sites for hydroxylation is 2. The average Bonchev–Trinajstić information content (AvgIpc) is 3.40. The molecular weight excluding hydrogens is 406 g/mol. The van der Waals surface area contributed by atoms with E-state index in [2.05, 4.69) is 47.2 Å². The highest BCUT2D eigenvalue weighted by atomic mass is 32.1. The van der Waals surface area contributed by atoms with Gasteiger partial charge in [0, 0.05) is 31.5 Å². The quantitative estimate of drug-likeness (QED) is 0.497. The second kappa shape index (κ2) is 9.84. The number of ether oxygens (including phenoxy) is 1. The first-order valence-electron chi connectivity index (χ1n) is 9.52. The maximum Gasteiger partial charge on any atom is 0.302 e. The summed E-state index contributed by atoms with van der Waals surface area (Å²) in [4.78, 5) is 28.2. The molecule has 29 heavy (non-hydrogen) atoms. The van der Waals surface area contributed by atoms with Crippen molar-refractivity contribution >= 4 is 39.7 Å². The van der Waals surface area contributed by atoms with Crippen LogP contribution in [0.25, 0.3) is 0 Å². The number of carbonyl (C=O) groups is 2. The molecule has 0 bridgehead atoms. The van der Waals surface area contributed by atoms with Crippen LogP contribution in [-0.4, -0.2) is 28.0 Å². The van der Waals surface area contributed by atoms with Crippen LogP contribution in [0.4, 0.5) is 5.13 Å². The van der Waals surface area contributed by atoms with Crippen molar-refractivity contribution < 1.29 is 14.3 Å². The molecule has 0 aromatic carbocycles. The Bertz CT molecular complexity index is 958. The monoisotopic (exact) mass is 431 g/mol. The van der Waals surface area contributed by atoms with Crippen LogP contribution in [-0.2, 0) is 28.9 Å². The van der Waals surface area contributed by atoms with Crippen molar-refractivity contribution in [2.45, 2.75) is 46.1 Å². The van der Waals surface area contributed by atoms with Gasteiger partial charge >= 0.3 is 5.97 Å². The van der Waals surface area contributed by atoms with Gasteiger partial charge in [-0.2, -0.15) is 11.3 Å². The van der Waals surface area contributed by atoms with E-state index >= 15 is 0 Å². The van der Waals surface area contributed by atoms with Crippen molar-refractivity contribution in [1.82, 2.24) is 9.55 Å². The standard InChI is InChI=1S/C21H25N3O3S2/c1-14(2)17-10-19(24(11-17)7-4-16-6-9-28-12-16)20(26)23-21-22-18(13-29-21)5-8-27-15(3)25/h6,9-14H,4-5,7-8H2,1-3H3,(H,22,23,26). The molecule has 3 heterocycles. The smallest absolute Gasteiger partial charge is 0.302 e. The molecule has 154 valence electrons. The van der Waals surface area contributed by atoms with Crippen LogP contribution in [0.5, 0.6) is 0 Å². The molecule has 6 nitrogen and oxygen atoms in total. The van der Waals surface area contributed by atoms with Crippen LogP contribution in [0.1, 0.15) is 54.0 Å². The van der Waals surface area contributed by atoms with E-state index in [0.29, 0.717) is 23.2 Å². The number of thiophene rings is 1. The molecule has 3 rings (SSSR count). The lowest BCUT2D eigenvalue weighted by Crippen LogP contribution is -2.17. The van der Waals surface area contributed by atoms with E-state index in [1.807, 2.05) is 16.0 Å². The topological polar surface area (TPSA) is 73.2 Å². The van der Waals surface area contributed by atoms with E-state index < -0.39 is 0 Å². The number of hydrogen-bond acceptors (Lipinski definition) is 6. The van der Waals surface area contributed by atoms with Gasteiger partial charge in [-0.15, -0.1) is 11.3 Å². The Morgan fingerprint density at radius 2 is 2.10 bits per heavy atom. The van der Waals surface area contributed by atoms with Crippen molar-refractivity contribution in [2.24, 2.45) is 0 Å². The van der Waals surface area contributed by atoms with Crippen molar-refractivity contribution in [3.8, 4) is 0 Å². The predicted octanol–water partition coefficient (Wildman–Crippen LogP) is 4.73. The first kappa shape index (κ1) is 21.3. The molecule has 3 aromatic heterocycles. The molecule has 0 radical (unpaired) electrons. The number of aromatic nitrogens is 2. The summed E-state index contributed by atoms with van der Waals surface area (Å²) in [7, 11) is 0. The number of hydrogen-bond donors (Lipinski definition) is 1. The van der Waals surface area contributed by atoms with Crippen LogP contribution in [0.15, 0.2) is 34.5 Å². The lowest BCUT2D eigenvalue weighted by Gasteiger charge is -2.08. The van der Waals surface area contributed by atoms with Crippen LogP contribution >= 0.6 is 22.7 Å². The van der Waals surface area contributed by atoms with Crippen LogP contribution < -0.4 is 5.32 Å². The summed E-state index contributed by atoms with van der Waals surface area (Å²) in [5.74, 6) is -0.127. The second-order valence-electron chi connectivity index (χ2n) is 7.08. The molecule has 0 saturated heterocycles. The van der Waals surface area contributed by atoms with Gasteiger partial charge < -0.3 is 9.30 Å². The number of esters is 1. The van der Waals surface area contributed by atoms with E-state index in [0.717, 1.165) is 24.2 Å². The minimum absolute atomic E-state index is 0.164. The molecule has 0 aliphatic rings. The zero-order valence-electron chi connectivity index (χ0n) is 16.8. The van der Waals surface area contributed by atoms with Gasteiger partial charge in [0.1, 0.15) is 5.69 Å². The maximum atomic E-state index is 12.9. The summed E-state index contributed by atoms with van der Waals surface area (Å²) in [6.45, 7) is 6.66. The Balaban J connectivity index is 1.67. The van der Waals surface area contributed by atoms with E-state index in [1.54, 1.807) is 11.3 Å². The molecular formula is C21H25N3O3S2.